The van der Waals surface area contributed by atoms with Crippen molar-refractivity contribution < 1.29 is 14.3 Å². The summed E-state index contributed by atoms with van der Waals surface area (Å²) in [5.41, 5.74) is 0. The van der Waals surface area contributed by atoms with E-state index in [1.54, 1.807) is 7.11 Å². The molecule has 2 fully saturated rings. The second kappa shape index (κ2) is 8.56. The van der Waals surface area contributed by atoms with Crippen LogP contribution in [0.2, 0.25) is 0 Å². The van der Waals surface area contributed by atoms with Crippen LogP contribution in [0.15, 0.2) is 24.3 Å². The molecule has 0 radical (unpaired) electrons. The molecule has 5 heteroatoms. The second-order valence-corrected chi connectivity index (χ2v) is 7.16. The lowest BCUT2D eigenvalue weighted by Crippen LogP contribution is -2.50. The summed E-state index contributed by atoms with van der Waals surface area (Å²) in [5, 5.41) is 0. The zero-order valence-corrected chi connectivity index (χ0v) is 15.4. The number of likely N-dealkylation sites (N-methyl/N-ethyl adjacent to an activating group) is 1. The molecule has 2 saturated heterocycles. The fourth-order valence-electron chi connectivity index (χ4n) is 3.82. The topological polar surface area (TPSA) is 42.0 Å². The number of likely N-dealkylation sites (tertiary alicyclic amines) is 2. The van der Waals surface area contributed by atoms with Gasteiger partial charge in [0.25, 0.3) is 0 Å². The van der Waals surface area contributed by atoms with Gasteiger partial charge in [0.1, 0.15) is 17.6 Å². The molecule has 2 heterocycles. The fraction of sp³-hybridized carbons (Fsp3) is 0.650. The summed E-state index contributed by atoms with van der Waals surface area (Å²) in [6.07, 6.45) is 6.59. The van der Waals surface area contributed by atoms with E-state index in [1.807, 2.05) is 29.2 Å². The Morgan fingerprint density at radius 2 is 1.64 bits per heavy atom. The van der Waals surface area contributed by atoms with Crippen molar-refractivity contribution in [3.05, 3.63) is 24.3 Å². The number of hydrogen-bond acceptors (Lipinski definition) is 4. The number of benzene rings is 1. The summed E-state index contributed by atoms with van der Waals surface area (Å²) < 4.78 is 11.2. The minimum Gasteiger partial charge on any atom is -0.497 e. The molecule has 2 aliphatic rings. The second-order valence-electron chi connectivity index (χ2n) is 7.16. The van der Waals surface area contributed by atoms with E-state index in [-0.39, 0.29) is 12.1 Å². The molecule has 2 aliphatic heterocycles. The van der Waals surface area contributed by atoms with Gasteiger partial charge in [-0.25, -0.2) is 0 Å². The number of nitrogens with zero attached hydrogens (tertiary/aromatic N) is 2. The van der Waals surface area contributed by atoms with Crippen LogP contribution >= 0.6 is 0 Å². The van der Waals surface area contributed by atoms with Crippen molar-refractivity contribution in [2.75, 3.05) is 33.8 Å². The van der Waals surface area contributed by atoms with Crippen LogP contribution in [-0.4, -0.2) is 61.6 Å². The highest BCUT2D eigenvalue weighted by Gasteiger charge is 2.31. The quantitative estimate of drug-likeness (QED) is 0.841. The molecule has 1 amide bonds. The maximum Gasteiger partial charge on any atom is 0.239 e. The third kappa shape index (κ3) is 4.66. The van der Waals surface area contributed by atoms with Crippen LogP contribution in [0, 0.1) is 0 Å². The molecule has 0 unspecified atom stereocenters. The summed E-state index contributed by atoms with van der Waals surface area (Å²) in [5.74, 6) is 2.02. The minimum atomic E-state index is 0.0709. The van der Waals surface area contributed by atoms with Crippen LogP contribution in [0.4, 0.5) is 0 Å². The van der Waals surface area contributed by atoms with Crippen molar-refractivity contribution in [2.45, 2.75) is 50.7 Å². The van der Waals surface area contributed by atoms with Crippen molar-refractivity contribution in [3.8, 4) is 11.5 Å². The molecule has 0 aliphatic carbocycles. The van der Waals surface area contributed by atoms with E-state index in [0.717, 1.165) is 56.8 Å². The van der Waals surface area contributed by atoms with Gasteiger partial charge in [-0.3, -0.25) is 9.69 Å². The first-order chi connectivity index (χ1) is 12.2. The largest absolute Gasteiger partial charge is 0.497 e. The molecule has 0 spiro atoms. The summed E-state index contributed by atoms with van der Waals surface area (Å²) in [4.78, 5) is 17.2. The maximum absolute atomic E-state index is 12.9. The molecule has 0 saturated carbocycles. The van der Waals surface area contributed by atoms with Crippen LogP contribution in [0.1, 0.15) is 38.5 Å². The van der Waals surface area contributed by atoms with Gasteiger partial charge in [0.05, 0.1) is 13.2 Å². The zero-order valence-electron chi connectivity index (χ0n) is 15.4. The van der Waals surface area contributed by atoms with Crippen molar-refractivity contribution in [2.24, 2.45) is 0 Å². The molecule has 1 aromatic carbocycles. The number of amides is 1. The Morgan fingerprint density at radius 1 is 0.960 bits per heavy atom. The van der Waals surface area contributed by atoms with Crippen LogP contribution in [0.3, 0.4) is 0 Å². The summed E-state index contributed by atoms with van der Waals surface area (Å²) in [6.45, 7) is 2.63. The average Bonchev–Trinajstić information content (AvgIpc) is 2.87. The smallest absolute Gasteiger partial charge is 0.239 e. The van der Waals surface area contributed by atoms with Gasteiger partial charge in [-0.05, 0) is 50.7 Å². The number of carbonyl (C=O) groups excluding carboxylic acids is 1. The number of ether oxygens (including phenoxy) is 2. The highest BCUT2D eigenvalue weighted by molar-refractivity contribution is 5.82. The predicted molar refractivity (Wildman–Crippen MR) is 98.1 cm³/mol. The third-order valence-corrected chi connectivity index (χ3v) is 5.42. The van der Waals surface area contributed by atoms with Crippen LogP contribution in [-0.2, 0) is 4.79 Å². The number of rotatable bonds is 4. The fourth-order valence-corrected chi connectivity index (χ4v) is 3.82. The third-order valence-electron chi connectivity index (χ3n) is 5.42. The average molecular weight is 346 g/mol. The van der Waals surface area contributed by atoms with Gasteiger partial charge < -0.3 is 14.4 Å². The van der Waals surface area contributed by atoms with Crippen LogP contribution in [0.5, 0.6) is 11.5 Å². The Bertz CT molecular complexity index is 553. The van der Waals surface area contributed by atoms with E-state index in [1.165, 1.54) is 12.8 Å². The standard InChI is InChI=1S/C20H30N2O3/c1-21-13-5-3-4-6-19(21)20(23)22-14-11-18(12-15-22)25-17-9-7-16(24-2)8-10-17/h7-10,18-19H,3-6,11-15H2,1-2H3/t19-/m0/s1. The summed E-state index contributed by atoms with van der Waals surface area (Å²) >= 11 is 0. The summed E-state index contributed by atoms with van der Waals surface area (Å²) in [6, 6.07) is 7.78. The SMILES string of the molecule is COc1ccc(OC2CCN(C(=O)[C@@H]3CCCCCN3C)CC2)cc1. The van der Waals surface area contributed by atoms with Crippen molar-refractivity contribution in [1.29, 1.82) is 0 Å². The van der Waals surface area contributed by atoms with Crippen molar-refractivity contribution >= 4 is 5.91 Å². The Morgan fingerprint density at radius 3 is 2.32 bits per heavy atom. The Balaban J connectivity index is 1.49. The molecule has 0 N–H and O–H groups in total. The highest BCUT2D eigenvalue weighted by atomic mass is 16.5. The first-order valence-corrected chi connectivity index (χ1v) is 9.47. The molecule has 1 aromatic rings. The molecule has 25 heavy (non-hydrogen) atoms. The Labute approximate surface area is 150 Å². The molecule has 138 valence electrons. The Hall–Kier alpha value is -1.75. The van der Waals surface area contributed by atoms with E-state index in [0.29, 0.717) is 5.91 Å². The van der Waals surface area contributed by atoms with Crippen molar-refractivity contribution in [3.63, 3.8) is 0 Å². The van der Waals surface area contributed by atoms with Gasteiger partial charge in [0.2, 0.25) is 5.91 Å². The Kier molecular flexibility index (Phi) is 6.19. The van der Waals surface area contributed by atoms with Gasteiger partial charge in [0, 0.05) is 25.9 Å². The van der Waals surface area contributed by atoms with E-state index >= 15 is 0 Å². The molecule has 0 aromatic heterocycles. The number of hydrogen-bond donors (Lipinski definition) is 0. The number of piperidine rings is 1. The monoisotopic (exact) mass is 346 g/mol. The normalized spacial score (nSPS) is 23.1. The van der Waals surface area contributed by atoms with Gasteiger partial charge in [-0.1, -0.05) is 12.8 Å². The lowest BCUT2D eigenvalue weighted by molar-refractivity contribution is -0.138. The maximum atomic E-state index is 12.9. The first kappa shape index (κ1) is 18.1. The van der Waals surface area contributed by atoms with E-state index in [9.17, 15) is 4.79 Å². The zero-order chi connectivity index (χ0) is 17.6. The van der Waals surface area contributed by atoms with Crippen LogP contribution in [0.25, 0.3) is 0 Å². The van der Waals surface area contributed by atoms with Crippen LogP contribution < -0.4 is 9.47 Å². The van der Waals surface area contributed by atoms with Gasteiger partial charge in [-0.15, -0.1) is 0 Å². The van der Waals surface area contributed by atoms with E-state index in [4.69, 9.17) is 9.47 Å². The van der Waals surface area contributed by atoms with Crippen molar-refractivity contribution in [1.82, 2.24) is 9.80 Å². The minimum absolute atomic E-state index is 0.0709. The molecule has 5 nitrogen and oxygen atoms in total. The lowest BCUT2D eigenvalue weighted by atomic mass is 10.0. The molecule has 0 bridgehead atoms. The van der Waals surface area contributed by atoms with Gasteiger partial charge in [0.15, 0.2) is 0 Å². The molecule has 1 atom stereocenters. The number of carbonyl (C=O) groups is 1. The predicted octanol–water partition coefficient (Wildman–Crippen LogP) is 2.94. The van der Waals surface area contributed by atoms with Gasteiger partial charge >= 0.3 is 0 Å². The molecular weight excluding hydrogens is 316 g/mol. The first-order valence-electron chi connectivity index (χ1n) is 9.47. The van der Waals surface area contributed by atoms with E-state index < -0.39 is 0 Å². The highest BCUT2D eigenvalue weighted by Crippen LogP contribution is 2.23. The van der Waals surface area contributed by atoms with E-state index in [2.05, 4.69) is 11.9 Å². The molecule has 3 rings (SSSR count). The summed E-state index contributed by atoms with van der Waals surface area (Å²) in [7, 11) is 3.75. The lowest BCUT2D eigenvalue weighted by Gasteiger charge is -2.36. The number of methoxy groups -OCH3 is 1. The molecular formula is C20H30N2O3. The van der Waals surface area contributed by atoms with Gasteiger partial charge in [-0.2, -0.15) is 0 Å².